The standard InChI is InChI=1S/C25H22N2O5S/c1-27(2)33(30,31)19-14-12-18(13-15-19)25(29)32-24(17-8-4-3-5-9-17)23(28)21-16-26-22-11-7-6-10-20(21)22/h3-16,24,26H,1-2H3. The van der Waals surface area contributed by atoms with Crippen LogP contribution in [0.1, 0.15) is 32.4 Å². The largest absolute Gasteiger partial charge is 0.445 e. The van der Waals surface area contributed by atoms with Gasteiger partial charge >= 0.3 is 5.97 Å². The monoisotopic (exact) mass is 462 g/mol. The molecule has 0 bridgehead atoms. The highest BCUT2D eigenvalue weighted by molar-refractivity contribution is 7.89. The third-order valence-electron chi connectivity index (χ3n) is 5.29. The van der Waals surface area contributed by atoms with E-state index in [1.807, 2.05) is 30.3 Å². The Kier molecular flexibility index (Phi) is 6.13. The summed E-state index contributed by atoms with van der Waals surface area (Å²) in [7, 11) is -0.768. The molecule has 3 aromatic carbocycles. The van der Waals surface area contributed by atoms with Crippen LogP contribution in [0.3, 0.4) is 0 Å². The van der Waals surface area contributed by atoms with Gasteiger partial charge in [0.15, 0.2) is 6.10 Å². The van der Waals surface area contributed by atoms with Crippen molar-refractivity contribution in [2.24, 2.45) is 0 Å². The number of hydrogen-bond acceptors (Lipinski definition) is 5. The molecule has 0 spiro atoms. The molecule has 0 fully saturated rings. The van der Waals surface area contributed by atoms with Gasteiger partial charge in [-0.1, -0.05) is 48.5 Å². The van der Waals surface area contributed by atoms with E-state index in [9.17, 15) is 18.0 Å². The fourth-order valence-electron chi connectivity index (χ4n) is 3.47. The third kappa shape index (κ3) is 4.44. The van der Waals surface area contributed by atoms with E-state index in [-0.39, 0.29) is 16.2 Å². The first-order valence-corrected chi connectivity index (χ1v) is 11.6. The van der Waals surface area contributed by atoms with Gasteiger partial charge in [0, 0.05) is 42.3 Å². The van der Waals surface area contributed by atoms with Gasteiger partial charge in [-0.25, -0.2) is 17.5 Å². The number of para-hydroxylation sites is 1. The zero-order chi connectivity index (χ0) is 23.6. The maximum atomic E-state index is 13.5. The van der Waals surface area contributed by atoms with Crippen LogP contribution in [0, 0.1) is 0 Å². The fraction of sp³-hybridized carbons (Fsp3) is 0.120. The summed E-state index contributed by atoms with van der Waals surface area (Å²) in [4.78, 5) is 29.5. The number of aromatic amines is 1. The van der Waals surface area contributed by atoms with Crippen molar-refractivity contribution in [2.75, 3.05) is 14.1 Å². The molecule has 4 rings (SSSR count). The molecule has 0 saturated carbocycles. The number of aromatic nitrogens is 1. The number of ketones is 1. The Labute approximate surface area is 191 Å². The summed E-state index contributed by atoms with van der Waals surface area (Å²) in [6.07, 6.45) is 0.445. The molecule has 0 aliphatic carbocycles. The second-order valence-corrected chi connectivity index (χ2v) is 9.77. The number of ether oxygens (including phenoxy) is 1. The van der Waals surface area contributed by atoms with Crippen LogP contribution in [0.25, 0.3) is 10.9 Å². The van der Waals surface area contributed by atoms with Gasteiger partial charge in [0.2, 0.25) is 15.8 Å². The van der Waals surface area contributed by atoms with Crippen molar-refractivity contribution < 1.29 is 22.7 Å². The SMILES string of the molecule is CN(C)S(=O)(=O)c1ccc(C(=O)OC(C(=O)c2c[nH]c3ccccc23)c2ccccc2)cc1. The number of benzene rings is 3. The van der Waals surface area contributed by atoms with Crippen molar-refractivity contribution in [3.05, 3.63) is 102 Å². The molecule has 7 nitrogen and oxygen atoms in total. The van der Waals surface area contributed by atoms with Crippen LogP contribution in [-0.4, -0.2) is 43.6 Å². The minimum Gasteiger partial charge on any atom is -0.445 e. The first-order chi connectivity index (χ1) is 15.8. The van der Waals surface area contributed by atoms with Crippen molar-refractivity contribution >= 4 is 32.7 Å². The predicted molar refractivity (Wildman–Crippen MR) is 125 cm³/mol. The molecule has 0 aliphatic heterocycles. The summed E-state index contributed by atoms with van der Waals surface area (Å²) < 4.78 is 31.3. The number of nitrogens with one attached hydrogen (secondary N) is 1. The Bertz CT molecular complexity index is 1410. The Morgan fingerprint density at radius 2 is 1.52 bits per heavy atom. The molecular formula is C25H22N2O5S. The average Bonchev–Trinajstić information content (AvgIpc) is 3.27. The van der Waals surface area contributed by atoms with Gasteiger partial charge < -0.3 is 9.72 Å². The highest BCUT2D eigenvalue weighted by atomic mass is 32.2. The number of rotatable bonds is 7. The Balaban J connectivity index is 1.65. The van der Waals surface area contributed by atoms with Gasteiger partial charge in [0.05, 0.1) is 10.5 Å². The maximum Gasteiger partial charge on any atom is 0.339 e. The number of sulfonamides is 1. The average molecular weight is 463 g/mol. The van der Waals surface area contributed by atoms with Crippen molar-refractivity contribution in [3.63, 3.8) is 0 Å². The second-order valence-electron chi connectivity index (χ2n) is 7.62. The van der Waals surface area contributed by atoms with Gasteiger partial charge in [0.25, 0.3) is 0 Å². The lowest BCUT2D eigenvalue weighted by molar-refractivity contribution is 0.0280. The summed E-state index contributed by atoms with van der Waals surface area (Å²) in [6.45, 7) is 0. The quantitative estimate of drug-likeness (QED) is 0.328. The molecule has 0 saturated heterocycles. The number of carbonyl (C=O) groups excluding carboxylic acids is 2. The lowest BCUT2D eigenvalue weighted by atomic mass is 9.99. The smallest absolute Gasteiger partial charge is 0.339 e. The van der Waals surface area contributed by atoms with Crippen molar-refractivity contribution in [2.45, 2.75) is 11.0 Å². The fourth-order valence-corrected chi connectivity index (χ4v) is 4.37. The van der Waals surface area contributed by atoms with E-state index in [0.29, 0.717) is 11.1 Å². The highest BCUT2D eigenvalue weighted by Gasteiger charge is 2.29. The molecular weight excluding hydrogens is 440 g/mol. The summed E-state index contributed by atoms with van der Waals surface area (Å²) in [6, 6.07) is 21.6. The molecule has 0 aliphatic rings. The van der Waals surface area contributed by atoms with E-state index in [1.165, 1.54) is 38.4 Å². The molecule has 1 unspecified atom stereocenters. The summed E-state index contributed by atoms with van der Waals surface area (Å²) in [5, 5.41) is 0.734. The zero-order valence-corrected chi connectivity index (χ0v) is 18.9. The topological polar surface area (TPSA) is 96.5 Å². The molecule has 1 N–H and O–H groups in total. The van der Waals surface area contributed by atoms with E-state index < -0.39 is 22.1 Å². The van der Waals surface area contributed by atoms with Crippen LogP contribution in [0.4, 0.5) is 0 Å². The Morgan fingerprint density at radius 1 is 0.879 bits per heavy atom. The number of fused-ring (bicyclic) bond motifs is 1. The van der Waals surface area contributed by atoms with Crippen LogP contribution in [-0.2, 0) is 14.8 Å². The lowest BCUT2D eigenvalue weighted by Crippen LogP contribution is -2.22. The van der Waals surface area contributed by atoms with Crippen molar-refractivity contribution in [1.29, 1.82) is 0 Å². The predicted octanol–water partition coefficient (Wildman–Crippen LogP) is 4.20. The zero-order valence-electron chi connectivity index (χ0n) is 18.1. The van der Waals surface area contributed by atoms with E-state index in [2.05, 4.69) is 4.98 Å². The number of Topliss-reactive ketones (excluding diaryl/α,β-unsaturated/α-hetero) is 1. The molecule has 8 heteroatoms. The summed E-state index contributed by atoms with van der Waals surface area (Å²) in [5.41, 5.74) is 1.89. The normalized spacial score (nSPS) is 12.6. The minimum absolute atomic E-state index is 0.0542. The van der Waals surface area contributed by atoms with Gasteiger partial charge in [-0.3, -0.25) is 4.79 Å². The van der Waals surface area contributed by atoms with Gasteiger partial charge in [-0.2, -0.15) is 0 Å². The van der Waals surface area contributed by atoms with E-state index in [0.717, 1.165) is 15.2 Å². The Morgan fingerprint density at radius 3 is 2.18 bits per heavy atom. The number of nitrogens with zero attached hydrogens (tertiary/aromatic N) is 1. The van der Waals surface area contributed by atoms with Gasteiger partial charge in [-0.05, 0) is 30.3 Å². The van der Waals surface area contributed by atoms with Gasteiger partial charge in [-0.15, -0.1) is 0 Å². The van der Waals surface area contributed by atoms with Crippen LogP contribution in [0.15, 0.2) is 90.0 Å². The van der Waals surface area contributed by atoms with E-state index in [1.54, 1.807) is 30.5 Å². The molecule has 1 atom stereocenters. The third-order valence-corrected chi connectivity index (χ3v) is 7.12. The van der Waals surface area contributed by atoms with Gasteiger partial charge in [0.1, 0.15) is 0 Å². The van der Waals surface area contributed by atoms with Crippen molar-refractivity contribution in [1.82, 2.24) is 9.29 Å². The molecule has 0 radical (unpaired) electrons. The second kappa shape index (κ2) is 9.01. The van der Waals surface area contributed by atoms with E-state index >= 15 is 0 Å². The van der Waals surface area contributed by atoms with Crippen LogP contribution in [0.5, 0.6) is 0 Å². The first-order valence-electron chi connectivity index (χ1n) is 10.2. The molecule has 1 aromatic heterocycles. The molecule has 4 aromatic rings. The molecule has 1 heterocycles. The number of esters is 1. The molecule has 168 valence electrons. The minimum atomic E-state index is -3.63. The highest BCUT2D eigenvalue weighted by Crippen LogP contribution is 2.28. The summed E-state index contributed by atoms with van der Waals surface area (Å²) in [5.74, 6) is -1.09. The number of hydrogen-bond donors (Lipinski definition) is 1. The maximum absolute atomic E-state index is 13.5. The molecule has 33 heavy (non-hydrogen) atoms. The number of carbonyl (C=O) groups is 2. The lowest BCUT2D eigenvalue weighted by Gasteiger charge is -2.17. The Hall–Kier alpha value is -3.75. The first kappa shape index (κ1) is 22.4. The number of H-pyrrole nitrogens is 1. The summed E-state index contributed by atoms with van der Waals surface area (Å²) >= 11 is 0. The van der Waals surface area contributed by atoms with Crippen molar-refractivity contribution in [3.8, 4) is 0 Å². The van der Waals surface area contributed by atoms with Crippen LogP contribution < -0.4 is 0 Å². The van der Waals surface area contributed by atoms with Crippen LogP contribution >= 0.6 is 0 Å². The van der Waals surface area contributed by atoms with Crippen LogP contribution in [0.2, 0.25) is 0 Å². The molecule has 0 amide bonds. The van der Waals surface area contributed by atoms with E-state index in [4.69, 9.17) is 4.74 Å².